The molecule has 8 heteroatoms. The first-order valence-corrected chi connectivity index (χ1v) is 9.56. The summed E-state index contributed by atoms with van der Waals surface area (Å²) < 4.78 is 7.21. The summed E-state index contributed by atoms with van der Waals surface area (Å²) in [5.41, 5.74) is 1.91. The van der Waals surface area contributed by atoms with Gasteiger partial charge in [-0.15, -0.1) is 0 Å². The predicted octanol–water partition coefficient (Wildman–Crippen LogP) is 1.72. The van der Waals surface area contributed by atoms with Crippen LogP contribution in [0.2, 0.25) is 0 Å². The third kappa shape index (κ3) is 3.76. The smallest absolute Gasteiger partial charge is 0.254 e. The molecule has 8 nitrogen and oxygen atoms in total. The lowest BCUT2D eigenvalue weighted by Crippen LogP contribution is -2.49. The number of carbonyl (C=O) groups excluding carboxylic acids is 1. The number of amides is 1. The van der Waals surface area contributed by atoms with Gasteiger partial charge in [-0.3, -0.25) is 4.79 Å². The number of benzene rings is 1. The lowest BCUT2D eigenvalue weighted by Gasteiger charge is -2.36. The average Bonchev–Trinajstić information content (AvgIpc) is 3.17. The second-order valence-corrected chi connectivity index (χ2v) is 6.85. The van der Waals surface area contributed by atoms with Gasteiger partial charge in [0.2, 0.25) is 5.91 Å². The van der Waals surface area contributed by atoms with E-state index in [1.807, 2.05) is 49.1 Å². The van der Waals surface area contributed by atoms with E-state index in [0.29, 0.717) is 31.9 Å². The molecule has 3 heterocycles. The predicted molar refractivity (Wildman–Crippen MR) is 106 cm³/mol. The molecular weight excluding hydrogens is 356 g/mol. The van der Waals surface area contributed by atoms with Crippen LogP contribution in [0.15, 0.2) is 36.7 Å². The van der Waals surface area contributed by atoms with Crippen LogP contribution in [-0.2, 0) is 11.2 Å². The summed E-state index contributed by atoms with van der Waals surface area (Å²) in [5.74, 6) is 2.56. The second-order valence-electron chi connectivity index (χ2n) is 6.85. The minimum absolute atomic E-state index is 0.153. The Labute approximate surface area is 163 Å². The van der Waals surface area contributed by atoms with Gasteiger partial charge in [0.15, 0.2) is 0 Å². The third-order valence-electron chi connectivity index (χ3n) is 4.91. The van der Waals surface area contributed by atoms with Gasteiger partial charge >= 0.3 is 0 Å². The number of carbonyl (C=O) groups is 1. The molecule has 4 rings (SSSR count). The van der Waals surface area contributed by atoms with Gasteiger partial charge < -0.3 is 14.5 Å². The van der Waals surface area contributed by atoms with E-state index in [4.69, 9.17) is 4.74 Å². The monoisotopic (exact) mass is 380 g/mol. The van der Waals surface area contributed by atoms with E-state index in [1.165, 1.54) is 6.33 Å². The van der Waals surface area contributed by atoms with Crippen molar-refractivity contribution in [1.82, 2.24) is 24.5 Å². The maximum Gasteiger partial charge on any atom is 0.254 e. The Morgan fingerprint density at radius 1 is 1.14 bits per heavy atom. The van der Waals surface area contributed by atoms with Crippen molar-refractivity contribution in [1.29, 1.82) is 0 Å². The van der Waals surface area contributed by atoms with Gasteiger partial charge in [-0.1, -0.05) is 12.1 Å². The van der Waals surface area contributed by atoms with Crippen LogP contribution in [0.4, 0.5) is 5.82 Å². The molecule has 2 aromatic heterocycles. The summed E-state index contributed by atoms with van der Waals surface area (Å²) >= 11 is 0. The number of piperazine rings is 1. The van der Waals surface area contributed by atoms with Crippen LogP contribution in [0.3, 0.4) is 0 Å². The number of hydrogen-bond acceptors (Lipinski definition) is 6. The number of aryl methyl sites for hydroxylation is 1. The normalized spacial score (nSPS) is 14.5. The number of aromatic nitrogens is 4. The van der Waals surface area contributed by atoms with Crippen molar-refractivity contribution in [3.05, 3.63) is 47.9 Å². The van der Waals surface area contributed by atoms with E-state index in [0.717, 1.165) is 35.9 Å². The molecule has 1 amide bonds. The molecule has 0 radical (unpaired) electrons. The lowest BCUT2D eigenvalue weighted by atomic mass is 10.1. The largest absolute Gasteiger partial charge is 0.494 e. The molecule has 0 atom stereocenters. The molecule has 0 unspecified atom stereocenters. The second kappa shape index (κ2) is 7.84. The topological polar surface area (TPSA) is 75.9 Å². The van der Waals surface area contributed by atoms with Crippen LogP contribution >= 0.6 is 0 Å². The van der Waals surface area contributed by atoms with E-state index in [2.05, 4.69) is 20.0 Å². The number of ether oxygens (including phenoxy) is 1. The molecule has 1 saturated heterocycles. The molecule has 1 aliphatic heterocycles. The SMILES string of the molecule is CCOc1ccc(CC(=O)N2CCN(c3cc(C)nc4ncnn34)CC2)cc1. The van der Waals surface area contributed by atoms with Crippen molar-refractivity contribution in [2.24, 2.45) is 0 Å². The van der Waals surface area contributed by atoms with E-state index in [1.54, 1.807) is 4.52 Å². The highest BCUT2D eigenvalue weighted by Crippen LogP contribution is 2.19. The maximum atomic E-state index is 12.7. The Morgan fingerprint density at radius 2 is 1.89 bits per heavy atom. The number of rotatable bonds is 5. The fourth-order valence-electron chi connectivity index (χ4n) is 3.48. The van der Waals surface area contributed by atoms with E-state index in [-0.39, 0.29) is 5.91 Å². The van der Waals surface area contributed by atoms with Gasteiger partial charge in [0.05, 0.1) is 13.0 Å². The Morgan fingerprint density at radius 3 is 2.61 bits per heavy atom. The molecule has 0 saturated carbocycles. The van der Waals surface area contributed by atoms with Crippen molar-refractivity contribution >= 4 is 17.5 Å². The summed E-state index contributed by atoms with van der Waals surface area (Å²) in [7, 11) is 0. The molecule has 146 valence electrons. The van der Waals surface area contributed by atoms with Gasteiger partial charge in [-0.05, 0) is 31.5 Å². The van der Waals surface area contributed by atoms with Crippen molar-refractivity contribution in [3.63, 3.8) is 0 Å². The van der Waals surface area contributed by atoms with E-state index >= 15 is 0 Å². The molecule has 1 fully saturated rings. The zero-order valence-electron chi connectivity index (χ0n) is 16.2. The molecular formula is C20H24N6O2. The Hall–Kier alpha value is -3.16. The van der Waals surface area contributed by atoms with Crippen molar-refractivity contribution < 1.29 is 9.53 Å². The van der Waals surface area contributed by atoms with Gasteiger partial charge in [-0.25, -0.2) is 4.98 Å². The summed E-state index contributed by atoms with van der Waals surface area (Å²) in [4.78, 5) is 25.4. The number of fused-ring (bicyclic) bond motifs is 1. The van der Waals surface area contributed by atoms with Crippen molar-refractivity contribution in [2.75, 3.05) is 37.7 Å². The minimum atomic E-state index is 0.153. The lowest BCUT2D eigenvalue weighted by molar-refractivity contribution is -0.130. The summed E-state index contributed by atoms with van der Waals surface area (Å²) in [6, 6.07) is 9.76. The molecule has 0 aliphatic carbocycles. The van der Waals surface area contributed by atoms with Crippen molar-refractivity contribution in [2.45, 2.75) is 20.3 Å². The highest BCUT2D eigenvalue weighted by molar-refractivity contribution is 5.79. The zero-order valence-corrected chi connectivity index (χ0v) is 16.2. The number of anilines is 1. The summed E-state index contributed by atoms with van der Waals surface area (Å²) in [6.07, 6.45) is 1.93. The first-order valence-electron chi connectivity index (χ1n) is 9.56. The standard InChI is InChI=1S/C20H24N6O2/c1-3-28-17-6-4-16(5-7-17)13-19(27)25-10-8-24(9-11-25)18-12-15(2)23-20-21-14-22-26(18)20/h4-7,12,14H,3,8-11,13H2,1-2H3. The Kier molecular flexibility index (Phi) is 5.10. The first kappa shape index (κ1) is 18.2. The average molecular weight is 380 g/mol. The number of nitrogens with zero attached hydrogens (tertiary/aromatic N) is 6. The summed E-state index contributed by atoms with van der Waals surface area (Å²) in [5, 5.41) is 4.28. The molecule has 1 aliphatic rings. The summed E-state index contributed by atoms with van der Waals surface area (Å²) in [6.45, 7) is 7.44. The third-order valence-corrected chi connectivity index (χ3v) is 4.91. The molecule has 0 bridgehead atoms. The van der Waals surface area contributed by atoms with Gasteiger partial charge in [0.25, 0.3) is 5.78 Å². The molecule has 1 aromatic carbocycles. The van der Waals surface area contributed by atoms with E-state index < -0.39 is 0 Å². The molecule has 0 spiro atoms. The maximum absolute atomic E-state index is 12.7. The Bertz CT molecular complexity index is 960. The highest BCUT2D eigenvalue weighted by Gasteiger charge is 2.23. The first-order chi connectivity index (χ1) is 13.6. The number of hydrogen-bond donors (Lipinski definition) is 0. The fraction of sp³-hybridized carbons (Fsp3) is 0.400. The molecule has 28 heavy (non-hydrogen) atoms. The van der Waals surface area contributed by atoms with Crippen LogP contribution in [0, 0.1) is 6.92 Å². The van der Waals surface area contributed by atoms with Gasteiger partial charge in [-0.2, -0.15) is 14.6 Å². The minimum Gasteiger partial charge on any atom is -0.494 e. The highest BCUT2D eigenvalue weighted by atomic mass is 16.5. The van der Waals surface area contributed by atoms with Crippen LogP contribution in [-0.4, -0.2) is 63.2 Å². The van der Waals surface area contributed by atoms with Crippen LogP contribution in [0.25, 0.3) is 5.78 Å². The van der Waals surface area contributed by atoms with Gasteiger partial charge in [0, 0.05) is 37.9 Å². The van der Waals surface area contributed by atoms with E-state index in [9.17, 15) is 4.79 Å². The fourth-order valence-corrected chi connectivity index (χ4v) is 3.48. The Balaban J connectivity index is 1.38. The van der Waals surface area contributed by atoms with Gasteiger partial charge in [0.1, 0.15) is 17.9 Å². The van der Waals surface area contributed by atoms with Crippen molar-refractivity contribution in [3.8, 4) is 5.75 Å². The molecule has 3 aromatic rings. The van der Waals surface area contributed by atoms with Crippen LogP contribution in [0.5, 0.6) is 5.75 Å². The van der Waals surface area contributed by atoms with Crippen LogP contribution < -0.4 is 9.64 Å². The quantitative estimate of drug-likeness (QED) is 0.671. The zero-order chi connectivity index (χ0) is 19.5. The molecule has 0 N–H and O–H groups in total. The van der Waals surface area contributed by atoms with Crippen LogP contribution in [0.1, 0.15) is 18.2 Å².